The standard InChI is InChI=1S/C27H26N2O4/c1-32-24-10-3-2-7-18(24)15-25-26(31)20-11-12-23(30)21(27(20)33-25)17-29-14-5-4-9-22(29)19-8-6-13-28-16-19/h2-3,6-8,10-13,15-16,22,30H,4-5,9,14,17H2,1H3/b25-15-/t22-/m0/s1. The first-order chi connectivity index (χ1) is 16.2. The second-order valence-electron chi connectivity index (χ2n) is 8.39. The van der Waals surface area contributed by atoms with E-state index in [4.69, 9.17) is 9.47 Å². The van der Waals surface area contributed by atoms with Crippen LogP contribution in [0.1, 0.15) is 52.4 Å². The highest BCUT2D eigenvalue weighted by Crippen LogP contribution is 2.42. The fourth-order valence-electron chi connectivity index (χ4n) is 4.71. The van der Waals surface area contributed by atoms with E-state index in [1.807, 2.05) is 36.5 Å². The molecule has 2 aromatic carbocycles. The second-order valence-corrected chi connectivity index (χ2v) is 8.39. The average molecular weight is 443 g/mol. The summed E-state index contributed by atoms with van der Waals surface area (Å²) in [4.78, 5) is 19.7. The average Bonchev–Trinajstić information content (AvgIpc) is 3.17. The highest BCUT2D eigenvalue weighted by Gasteiger charge is 2.33. The number of ether oxygens (including phenoxy) is 2. The summed E-state index contributed by atoms with van der Waals surface area (Å²) in [7, 11) is 1.59. The zero-order valence-electron chi connectivity index (χ0n) is 18.5. The number of carbonyl (C=O) groups excluding carboxylic acids is 1. The van der Waals surface area contributed by atoms with Crippen molar-refractivity contribution >= 4 is 11.9 Å². The Morgan fingerprint density at radius 1 is 1.18 bits per heavy atom. The number of carbonyl (C=O) groups is 1. The Labute approximate surface area is 193 Å². The Bertz CT molecular complexity index is 1210. The molecule has 6 heteroatoms. The van der Waals surface area contributed by atoms with E-state index in [-0.39, 0.29) is 23.3 Å². The van der Waals surface area contributed by atoms with Crippen LogP contribution in [0.2, 0.25) is 0 Å². The van der Waals surface area contributed by atoms with E-state index < -0.39 is 0 Å². The van der Waals surface area contributed by atoms with E-state index in [0.717, 1.165) is 36.9 Å². The smallest absolute Gasteiger partial charge is 0.231 e. The lowest BCUT2D eigenvalue weighted by Crippen LogP contribution is -2.33. The monoisotopic (exact) mass is 442 g/mol. The number of hydrogen-bond donors (Lipinski definition) is 1. The summed E-state index contributed by atoms with van der Waals surface area (Å²) in [6, 6.07) is 15.0. The summed E-state index contributed by atoms with van der Waals surface area (Å²) >= 11 is 0. The predicted molar refractivity (Wildman–Crippen MR) is 125 cm³/mol. The number of hydrogen-bond acceptors (Lipinski definition) is 6. The van der Waals surface area contributed by atoms with Gasteiger partial charge < -0.3 is 14.6 Å². The molecule has 0 unspecified atom stereocenters. The van der Waals surface area contributed by atoms with Gasteiger partial charge in [-0.25, -0.2) is 0 Å². The van der Waals surface area contributed by atoms with Crippen molar-refractivity contribution in [3.05, 3.63) is 88.9 Å². The molecule has 33 heavy (non-hydrogen) atoms. The van der Waals surface area contributed by atoms with E-state index in [0.29, 0.717) is 29.2 Å². The van der Waals surface area contributed by atoms with Crippen LogP contribution >= 0.6 is 0 Å². The van der Waals surface area contributed by atoms with Crippen LogP contribution in [0.4, 0.5) is 0 Å². The normalized spacial score (nSPS) is 19.4. The molecule has 0 bridgehead atoms. The molecule has 0 spiro atoms. The number of rotatable bonds is 5. The summed E-state index contributed by atoms with van der Waals surface area (Å²) in [6.07, 6.45) is 8.65. The van der Waals surface area contributed by atoms with Crippen LogP contribution < -0.4 is 9.47 Å². The predicted octanol–water partition coefficient (Wildman–Crippen LogP) is 5.14. The Kier molecular flexibility index (Phi) is 5.84. The van der Waals surface area contributed by atoms with Crippen molar-refractivity contribution in [3.63, 3.8) is 0 Å². The van der Waals surface area contributed by atoms with Gasteiger partial charge in [-0.15, -0.1) is 0 Å². The maximum Gasteiger partial charge on any atom is 0.231 e. The molecule has 6 nitrogen and oxygen atoms in total. The van der Waals surface area contributed by atoms with Gasteiger partial charge in [0, 0.05) is 30.5 Å². The highest BCUT2D eigenvalue weighted by atomic mass is 16.5. The first kappa shape index (κ1) is 21.2. The third kappa shape index (κ3) is 4.10. The Balaban J connectivity index is 1.47. The molecule has 1 aromatic heterocycles. The van der Waals surface area contributed by atoms with Crippen LogP contribution in [0.25, 0.3) is 6.08 Å². The van der Waals surface area contributed by atoms with Gasteiger partial charge in [0.1, 0.15) is 17.2 Å². The molecule has 0 aliphatic carbocycles. The van der Waals surface area contributed by atoms with Crippen LogP contribution in [0.3, 0.4) is 0 Å². The summed E-state index contributed by atoms with van der Waals surface area (Å²) in [5.41, 5.74) is 3.03. The van der Waals surface area contributed by atoms with Crippen molar-refractivity contribution < 1.29 is 19.4 Å². The highest BCUT2D eigenvalue weighted by molar-refractivity contribution is 6.15. The quantitative estimate of drug-likeness (QED) is 0.552. The molecule has 3 heterocycles. The first-order valence-electron chi connectivity index (χ1n) is 11.2. The molecule has 5 rings (SSSR count). The zero-order chi connectivity index (χ0) is 22.8. The molecular weight excluding hydrogens is 416 g/mol. The summed E-state index contributed by atoms with van der Waals surface area (Å²) in [6.45, 7) is 1.39. The Morgan fingerprint density at radius 2 is 2.06 bits per heavy atom. The number of phenols is 1. The molecular formula is C27H26N2O4. The molecule has 0 radical (unpaired) electrons. The van der Waals surface area contributed by atoms with Crippen molar-refractivity contribution in [1.29, 1.82) is 0 Å². The fourth-order valence-corrected chi connectivity index (χ4v) is 4.71. The van der Waals surface area contributed by atoms with Crippen LogP contribution in [0.15, 0.2) is 66.7 Å². The molecule has 1 saturated heterocycles. The van der Waals surface area contributed by atoms with Crippen LogP contribution in [0.5, 0.6) is 17.2 Å². The number of allylic oxidation sites excluding steroid dienone is 1. The van der Waals surface area contributed by atoms with E-state index >= 15 is 0 Å². The molecule has 0 saturated carbocycles. The number of Topliss-reactive ketones (excluding diaryl/α,β-unsaturated/α-hetero) is 1. The van der Waals surface area contributed by atoms with Gasteiger partial charge in [-0.05, 0) is 55.3 Å². The minimum atomic E-state index is -0.195. The first-order valence-corrected chi connectivity index (χ1v) is 11.2. The number of fused-ring (bicyclic) bond motifs is 1. The molecule has 2 aliphatic rings. The van der Waals surface area contributed by atoms with E-state index in [2.05, 4.69) is 16.0 Å². The largest absolute Gasteiger partial charge is 0.507 e. The van der Waals surface area contributed by atoms with Gasteiger partial charge in [-0.1, -0.05) is 30.7 Å². The Hall–Kier alpha value is -3.64. The van der Waals surface area contributed by atoms with E-state index in [1.165, 1.54) is 0 Å². The van der Waals surface area contributed by atoms with Crippen molar-refractivity contribution in [1.82, 2.24) is 9.88 Å². The zero-order valence-corrected chi connectivity index (χ0v) is 18.5. The van der Waals surface area contributed by atoms with Crippen LogP contribution in [-0.2, 0) is 6.54 Å². The molecule has 0 amide bonds. The Morgan fingerprint density at radius 3 is 2.88 bits per heavy atom. The van der Waals surface area contributed by atoms with E-state index in [1.54, 1.807) is 31.5 Å². The molecule has 168 valence electrons. The lowest BCUT2D eigenvalue weighted by atomic mass is 9.95. The van der Waals surface area contributed by atoms with Gasteiger partial charge in [-0.3, -0.25) is 14.7 Å². The lowest BCUT2D eigenvalue weighted by molar-refractivity contribution is 0.101. The number of phenolic OH excluding ortho intramolecular Hbond substituents is 1. The number of nitrogens with zero attached hydrogens (tertiary/aromatic N) is 2. The van der Waals surface area contributed by atoms with Gasteiger partial charge in [0.2, 0.25) is 5.78 Å². The number of para-hydroxylation sites is 1. The molecule has 1 fully saturated rings. The summed E-state index contributed by atoms with van der Waals surface area (Å²) < 4.78 is 11.5. The number of pyridine rings is 1. The molecule has 1 atom stereocenters. The van der Waals surface area contributed by atoms with Gasteiger partial charge >= 0.3 is 0 Å². The number of ketones is 1. The topological polar surface area (TPSA) is 71.9 Å². The SMILES string of the molecule is COc1ccccc1/C=C1\Oc2c(ccc(O)c2CN2CCCC[C@H]2c2cccnc2)C1=O. The van der Waals surface area contributed by atoms with Gasteiger partial charge in [0.15, 0.2) is 5.76 Å². The van der Waals surface area contributed by atoms with Crippen molar-refractivity contribution in [3.8, 4) is 17.2 Å². The fraction of sp³-hybridized carbons (Fsp3) is 0.259. The number of aromatic nitrogens is 1. The molecule has 1 N–H and O–H groups in total. The van der Waals surface area contributed by atoms with E-state index in [9.17, 15) is 9.90 Å². The number of piperidine rings is 1. The molecule has 3 aromatic rings. The number of aromatic hydroxyl groups is 1. The number of methoxy groups -OCH3 is 1. The third-order valence-electron chi connectivity index (χ3n) is 6.39. The maximum atomic E-state index is 13.1. The minimum absolute atomic E-state index is 0.135. The molecule has 2 aliphatic heterocycles. The minimum Gasteiger partial charge on any atom is -0.507 e. The summed E-state index contributed by atoms with van der Waals surface area (Å²) in [5, 5.41) is 10.7. The van der Waals surface area contributed by atoms with Crippen molar-refractivity contribution in [2.45, 2.75) is 31.8 Å². The number of likely N-dealkylation sites (tertiary alicyclic amines) is 1. The van der Waals surface area contributed by atoms with Crippen molar-refractivity contribution in [2.75, 3.05) is 13.7 Å². The van der Waals surface area contributed by atoms with Gasteiger partial charge in [-0.2, -0.15) is 0 Å². The lowest BCUT2D eigenvalue weighted by Gasteiger charge is -2.36. The van der Waals surface area contributed by atoms with Crippen LogP contribution in [0, 0.1) is 0 Å². The third-order valence-corrected chi connectivity index (χ3v) is 6.39. The maximum absolute atomic E-state index is 13.1. The van der Waals surface area contributed by atoms with Gasteiger partial charge in [0.25, 0.3) is 0 Å². The van der Waals surface area contributed by atoms with Crippen LogP contribution in [-0.4, -0.2) is 34.4 Å². The second kappa shape index (κ2) is 9.08. The number of benzene rings is 2. The van der Waals surface area contributed by atoms with Gasteiger partial charge in [0.05, 0.1) is 18.2 Å². The summed E-state index contributed by atoms with van der Waals surface area (Å²) in [5.74, 6) is 1.27. The van der Waals surface area contributed by atoms with Crippen molar-refractivity contribution in [2.24, 2.45) is 0 Å².